The first-order valence-corrected chi connectivity index (χ1v) is 12.8. The summed E-state index contributed by atoms with van der Waals surface area (Å²) in [6, 6.07) is 14.7. The summed E-state index contributed by atoms with van der Waals surface area (Å²) < 4.78 is 11.0. The minimum atomic E-state index is 0.0343. The van der Waals surface area contributed by atoms with Crippen LogP contribution in [0.4, 0.5) is 0 Å². The first-order valence-electron chi connectivity index (χ1n) is 12.0. The lowest BCUT2D eigenvalue weighted by Gasteiger charge is -2.22. The molecule has 0 atom stereocenters. The Kier molecular flexibility index (Phi) is 8.19. The summed E-state index contributed by atoms with van der Waals surface area (Å²) in [5.41, 5.74) is 4.20. The number of aromatic nitrogens is 1. The third-order valence-corrected chi connectivity index (χ3v) is 6.61. The highest BCUT2D eigenvalue weighted by Crippen LogP contribution is 2.33. The van der Waals surface area contributed by atoms with Crippen molar-refractivity contribution in [1.29, 1.82) is 0 Å². The van der Waals surface area contributed by atoms with Crippen molar-refractivity contribution in [2.24, 2.45) is 0 Å². The first kappa shape index (κ1) is 24.2. The predicted octanol–water partition coefficient (Wildman–Crippen LogP) is 5.64. The highest BCUT2D eigenvalue weighted by molar-refractivity contribution is 7.09. The molecule has 34 heavy (non-hydrogen) atoms. The number of hydrogen-bond donors (Lipinski definition) is 0. The zero-order valence-electron chi connectivity index (χ0n) is 20.3. The van der Waals surface area contributed by atoms with Crippen LogP contribution in [0.2, 0.25) is 0 Å². The second kappa shape index (κ2) is 11.5. The maximum absolute atomic E-state index is 13.0. The van der Waals surface area contributed by atoms with Gasteiger partial charge in [0.25, 0.3) is 5.91 Å². The van der Waals surface area contributed by atoms with Crippen LogP contribution >= 0.6 is 11.3 Å². The molecule has 0 saturated heterocycles. The fraction of sp³-hybridized carbons (Fsp3) is 0.407. The lowest BCUT2D eigenvalue weighted by molar-refractivity contribution is 0.0750. The number of aryl methyl sites for hydroxylation is 1. The minimum absolute atomic E-state index is 0.0343. The normalized spacial score (nSPS) is 12.4. The second-order valence-corrected chi connectivity index (χ2v) is 9.68. The van der Waals surface area contributed by atoms with E-state index in [0.29, 0.717) is 12.2 Å². The van der Waals surface area contributed by atoms with E-state index in [4.69, 9.17) is 14.5 Å². The highest BCUT2D eigenvalue weighted by Gasteiger charge is 2.20. The molecule has 1 aliphatic rings. The molecular weight excluding hydrogens is 446 g/mol. The fourth-order valence-electron chi connectivity index (χ4n) is 4.11. The molecule has 0 aliphatic carbocycles. The van der Waals surface area contributed by atoms with Crippen molar-refractivity contribution in [1.82, 2.24) is 14.8 Å². The van der Waals surface area contributed by atoms with Gasteiger partial charge in [0.2, 0.25) is 6.79 Å². The maximum atomic E-state index is 13.0. The highest BCUT2D eigenvalue weighted by atomic mass is 32.1. The van der Waals surface area contributed by atoms with Gasteiger partial charge in [0.05, 0.1) is 6.54 Å². The number of nitrogens with zero attached hydrogens (tertiary/aromatic N) is 3. The number of carbonyl (C=O) groups excluding carboxylic acids is 1. The number of benzene rings is 2. The Balaban J connectivity index is 1.51. The lowest BCUT2D eigenvalue weighted by Crippen LogP contribution is -2.32. The van der Waals surface area contributed by atoms with E-state index in [9.17, 15) is 4.79 Å². The molecule has 0 unspecified atom stereocenters. The molecule has 0 fully saturated rings. The number of carbonyl (C=O) groups is 1. The molecule has 1 amide bonds. The number of thiazole rings is 1. The largest absolute Gasteiger partial charge is 0.454 e. The standard InChI is InChI=1S/C27H33N3O3S/c1-4-12-30(13-5-2)27(31)23-18-34-26(28-23)17-29(15-21-8-6-20(3)7-9-21)16-22-10-11-24-25(14-22)33-19-32-24/h6-11,14,18H,4-5,12-13,15-17,19H2,1-3H3. The van der Waals surface area contributed by atoms with Crippen LogP contribution in [0.1, 0.15) is 58.9 Å². The third-order valence-electron chi connectivity index (χ3n) is 5.77. The molecule has 2 heterocycles. The molecular formula is C27H33N3O3S. The van der Waals surface area contributed by atoms with Crippen molar-refractivity contribution >= 4 is 17.2 Å². The summed E-state index contributed by atoms with van der Waals surface area (Å²) in [6.45, 7) is 10.3. The topological polar surface area (TPSA) is 54.9 Å². The van der Waals surface area contributed by atoms with Crippen molar-refractivity contribution in [3.63, 3.8) is 0 Å². The van der Waals surface area contributed by atoms with Crippen LogP contribution in [0.15, 0.2) is 47.8 Å². The van der Waals surface area contributed by atoms with Gasteiger partial charge in [-0.25, -0.2) is 4.98 Å². The van der Waals surface area contributed by atoms with Crippen LogP contribution in [-0.4, -0.2) is 40.6 Å². The van der Waals surface area contributed by atoms with Crippen molar-refractivity contribution in [2.45, 2.75) is 53.2 Å². The van der Waals surface area contributed by atoms with E-state index in [1.54, 1.807) is 11.3 Å². The first-order chi connectivity index (χ1) is 16.6. The Labute approximate surface area is 206 Å². The smallest absolute Gasteiger partial charge is 0.273 e. The van der Waals surface area contributed by atoms with Gasteiger partial charge in [-0.05, 0) is 43.0 Å². The lowest BCUT2D eigenvalue weighted by atomic mass is 10.1. The van der Waals surface area contributed by atoms with E-state index < -0.39 is 0 Å². The zero-order chi connectivity index (χ0) is 23.9. The molecule has 0 spiro atoms. The van der Waals surface area contributed by atoms with Gasteiger partial charge in [-0.3, -0.25) is 9.69 Å². The average Bonchev–Trinajstić information content (AvgIpc) is 3.49. The summed E-state index contributed by atoms with van der Waals surface area (Å²) in [6.07, 6.45) is 1.89. The van der Waals surface area contributed by atoms with E-state index in [-0.39, 0.29) is 12.7 Å². The quantitative estimate of drug-likeness (QED) is 0.356. The van der Waals surface area contributed by atoms with Crippen molar-refractivity contribution < 1.29 is 14.3 Å². The fourth-order valence-corrected chi connectivity index (χ4v) is 4.92. The summed E-state index contributed by atoms with van der Waals surface area (Å²) in [7, 11) is 0. The minimum Gasteiger partial charge on any atom is -0.454 e. The van der Waals surface area contributed by atoms with Crippen LogP contribution in [-0.2, 0) is 19.6 Å². The number of fused-ring (bicyclic) bond motifs is 1. The van der Waals surface area contributed by atoms with E-state index in [1.807, 2.05) is 16.3 Å². The SMILES string of the molecule is CCCN(CCC)C(=O)c1csc(CN(Cc2ccc(C)cc2)Cc2ccc3c(c2)OCO3)n1. The van der Waals surface area contributed by atoms with Crippen molar-refractivity contribution in [3.05, 3.63) is 75.2 Å². The Morgan fingerprint density at radius 3 is 2.35 bits per heavy atom. The van der Waals surface area contributed by atoms with Gasteiger partial charge in [0.15, 0.2) is 11.5 Å². The molecule has 6 nitrogen and oxygen atoms in total. The Bertz CT molecular complexity index is 1090. The zero-order valence-corrected chi connectivity index (χ0v) is 21.1. The average molecular weight is 480 g/mol. The van der Waals surface area contributed by atoms with E-state index >= 15 is 0 Å². The van der Waals surface area contributed by atoms with E-state index in [1.165, 1.54) is 11.1 Å². The third kappa shape index (κ3) is 6.15. The molecule has 1 aromatic heterocycles. The molecule has 180 valence electrons. The Morgan fingerprint density at radius 1 is 0.941 bits per heavy atom. The molecule has 1 aliphatic heterocycles. The maximum Gasteiger partial charge on any atom is 0.273 e. The predicted molar refractivity (Wildman–Crippen MR) is 135 cm³/mol. The molecule has 2 aromatic carbocycles. The monoisotopic (exact) mass is 479 g/mol. The number of rotatable bonds is 11. The molecule has 3 aromatic rings. The van der Waals surface area contributed by atoms with Gasteiger partial charge in [-0.15, -0.1) is 11.3 Å². The van der Waals surface area contributed by atoms with Crippen LogP contribution in [0, 0.1) is 6.92 Å². The molecule has 0 bridgehead atoms. The van der Waals surface area contributed by atoms with Crippen LogP contribution in [0.25, 0.3) is 0 Å². The van der Waals surface area contributed by atoms with Crippen molar-refractivity contribution in [3.8, 4) is 11.5 Å². The number of ether oxygens (including phenoxy) is 2. The summed E-state index contributed by atoms with van der Waals surface area (Å²) in [5.74, 6) is 1.62. The van der Waals surface area contributed by atoms with Crippen LogP contribution in [0.3, 0.4) is 0 Å². The molecule has 0 radical (unpaired) electrons. The van der Waals surface area contributed by atoms with Crippen molar-refractivity contribution in [2.75, 3.05) is 19.9 Å². The summed E-state index contributed by atoms with van der Waals surface area (Å²) in [5, 5.41) is 2.85. The molecule has 7 heteroatoms. The van der Waals surface area contributed by atoms with Gasteiger partial charge in [-0.2, -0.15) is 0 Å². The number of amides is 1. The van der Waals surface area contributed by atoms with Gasteiger partial charge < -0.3 is 14.4 Å². The van der Waals surface area contributed by atoms with E-state index in [2.05, 4.69) is 62.1 Å². The Morgan fingerprint density at radius 2 is 1.62 bits per heavy atom. The van der Waals surface area contributed by atoms with E-state index in [0.717, 1.165) is 61.1 Å². The van der Waals surface area contributed by atoms with Gasteiger partial charge in [0, 0.05) is 31.6 Å². The summed E-state index contributed by atoms with van der Waals surface area (Å²) in [4.78, 5) is 22.0. The van der Waals surface area contributed by atoms with Gasteiger partial charge >= 0.3 is 0 Å². The Hall–Kier alpha value is -2.90. The summed E-state index contributed by atoms with van der Waals surface area (Å²) >= 11 is 1.56. The molecule has 0 saturated carbocycles. The van der Waals surface area contributed by atoms with Gasteiger partial charge in [0.1, 0.15) is 10.7 Å². The van der Waals surface area contributed by atoms with Crippen LogP contribution < -0.4 is 9.47 Å². The molecule has 4 rings (SSSR count). The van der Waals surface area contributed by atoms with Gasteiger partial charge in [-0.1, -0.05) is 49.7 Å². The number of hydrogen-bond acceptors (Lipinski definition) is 6. The van der Waals surface area contributed by atoms with Crippen LogP contribution in [0.5, 0.6) is 11.5 Å². The second-order valence-electron chi connectivity index (χ2n) is 8.74. The molecule has 0 N–H and O–H groups in total.